The number of hydrogen-bond acceptors (Lipinski definition) is 3. The Labute approximate surface area is 127 Å². The van der Waals surface area contributed by atoms with Crippen LogP contribution in [0.5, 0.6) is 0 Å². The van der Waals surface area contributed by atoms with Gasteiger partial charge in [-0.05, 0) is 24.6 Å². The van der Waals surface area contributed by atoms with E-state index in [4.69, 9.17) is 4.74 Å². The molecule has 0 fully saturated rings. The SMILES string of the molecule is CNC(=O)C(NC(C)=O)C(C)OCc1ccc(Br)cc1. The van der Waals surface area contributed by atoms with Gasteiger partial charge in [-0.3, -0.25) is 9.59 Å². The lowest BCUT2D eigenvalue weighted by atomic mass is 10.1. The van der Waals surface area contributed by atoms with Gasteiger partial charge >= 0.3 is 0 Å². The number of rotatable bonds is 6. The Morgan fingerprint density at radius 1 is 1.30 bits per heavy atom. The van der Waals surface area contributed by atoms with Crippen molar-refractivity contribution in [2.45, 2.75) is 32.6 Å². The standard InChI is InChI=1S/C14H19BrN2O3/c1-9(13(14(19)16-3)17-10(2)18)20-8-11-4-6-12(15)7-5-11/h4-7,9,13H,8H2,1-3H3,(H,16,19)(H,17,18). The molecule has 5 nitrogen and oxygen atoms in total. The molecule has 1 aromatic rings. The summed E-state index contributed by atoms with van der Waals surface area (Å²) < 4.78 is 6.66. The molecule has 0 aliphatic heterocycles. The molecule has 110 valence electrons. The van der Waals surface area contributed by atoms with Crippen LogP contribution in [0.4, 0.5) is 0 Å². The van der Waals surface area contributed by atoms with E-state index in [-0.39, 0.29) is 11.8 Å². The first kappa shape index (κ1) is 16.7. The van der Waals surface area contributed by atoms with Gasteiger partial charge < -0.3 is 15.4 Å². The highest BCUT2D eigenvalue weighted by Crippen LogP contribution is 2.12. The van der Waals surface area contributed by atoms with E-state index < -0.39 is 12.1 Å². The molecule has 0 spiro atoms. The van der Waals surface area contributed by atoms with E-state index in [1.54, 1.807) is 6.92 Å². The van der Waals surface area contributed by atoms with Crippen LogP contribution in [-0.4, -0.2) is 31.0 Å². The monoisotopic (exact) mass is 342 g/mol. The third-order valence-electron chi connectivity index (χ3n) is 2.78. The van der Waals surface area contributed by atoms with E-state index in [0.717, 1.165) is 10.0 Å². The Hall–Kier alpha value is -1.40. The lowest BCUT2D eigenvalue weighted by Gasteiger charge is -2.23. The Bertz CT molecular complexity index is 462. The van der Waals surface area contributed by atoms with E-state index in [1.807, 2.05) is 24.3 Å². The van der Waals surface area contributed by atoms with Crippen LogP contribution in [0.3, 0.4) is 0 Å². The first-order chi connectivity index (χ1) is 9.43. The Kier molecular flexibility index (Phi) is 6.67. The Morgan fingerprint density at radius 3 is 2.40 bits per heavy atom. The molecule has 0 radical (unpaired) electrons. The lowest BCUT2D eigenvalue weighted by Crippen LogP contribution is -2.51. The quantitative estimate of drug-likeness (QED) is 0.825. The first-order valence-electron chi connectivity index (χ1n) is 6.28. The van der Waals surface area contributed by atoms with Gasteiger partial charge in [0.15, 0.2) is 0 Å². The summed E-state index contributed by atoms with van der Waals surface area (Å²) in [6, 6.07) is 7.02. The molecule has 0 bridgehead atoms. The smallest absolute Gasteiger partial charge is 0.245 e. The van der Waals surface area contributed by atoms with E-state index in [2.05, 4.69) is 26.6 Å². The number of nitrogens with one attached hydrogen (secondary N) is 2. The summed E-state index contributed by atoms with van der Waals surface area (Å²) in [5.41, 5.74) is 0.999. The van der Waals surface area contributed by atoms with Crippen LogP contribution in [0.2, 0.25) is 0 Å². The highest BCUT2D eigenvalue weighted by atomic mass is 79.9. The molecule has 0 aromatic heterocycles. The Morgan fingerprint density at radius 2 is 1.90 bits per heavy atom. The minimum Gasteiger partial charge on any atom is -0.371 e. The molecule has 2 unspecified atom stereocenters. The highest BCUT2D eigenvalue weighted by Gasteiger charge is 2.25. The third kappa shape index (κ3) is 5.30. The maximum Gasteiger partial charge on any atom is 0.245 e. The van der Waals surface area contributed by atoms with Gasteiger partial charge in [0.1, 0.15) is 6.04 Å². The van der Waals surface area contributed by atoms with Crippen LogP contribution in [0.25, 0.3) is 0 Å². The molecule has 0 saturated carbocycles. The predicted molar refractivity (Wildman–Crippen MR) is 80.1 cm³/mol. The van der Waals surface area contributed by atoms with Crippen molar-refractivity contribution in [1.82, 2.24) is 10.6 Å². The summed E-state index contributed by atoms with van der Waals surface area (Å²) in [4.78, 5) is 22.9. The van der Waals surface area contributed by atoms with Crippen LogP contribution < -0.4 is 10.6 Å². The molecule has 0 aliphatic rings. The van der Waals surface area contributed by atoms with Crippen LogP contribution >= 0.6 is 15.9 Å². The van der Waals surface area contributed by atoms with Crippen LogP contribution in [0.1, 0.15) is 19.4 Å². The number of carbonyl (C=O) groups excluding carboxylic acids is 2. The van der Waals surface area contributed by atoms with Crippen molar-refractivity contribution < 1.29 is 14.3 Å². The first-order valence-corrected chi connectivity index (χ1v) is 7.08. The van der Waals surface area contributed by atoms with Gasteiger partial charge in [-0.2, -0.15) is 0 Å². The van der Waals surface area contributed by atoms with Crippen molar-refractivity contribution in [2.24, 2.45) is 0 Å². The van der Waals surface area contributed by atoms with Gasteiger partial charge in [-0.25, -0.2) is 0 Å². The fourth-order valence-corrected chi connectivity index (χ4v) is 1.94. The van der Waals surface area contributed by atoms with Crippen LogP contribution in [-0.2, 0) is 20.9 Å². The van der Waals surface area contributed by atoms with E-state index in [0.29, 0.717) is 6.61 Å². The van der Waals surface area contributed by atoms with Gasteiger partial charge in [0.2, 0.25) is 11.8 Å². The molecule has 1 rings (SSSR count). The molecular formula is C14H19BrN2O3. The van der Waals surface area contributed by atoms with E-state index >= 15 is 0 Å². The van der Waals surface area contributed by atoms with Crippen molar-refractivity contribution in [3.8, 4) is 0 Å². The average molecular weight is 343 g/mol. The lowest BCUT2D eigenvalue weighted by molar-refractivity contribution is -0.132. The molecule has 2 amide bonds. The molecule has 0 heterocycles. The molecule has 2 atom stereocenters. The number of carbonyl (C=O) groups is 2. The molecule has 20 heavy (non-hydrogen) atoms. The van der Waals surface area contributed by atoms with Gasteiger partial charge in [0.05, 0.1) is 12.7 Å². The van der Waals surface area contributed by atoms with Crippen LogP contribution in [0, 0.1) is 0 Å². The van der Waals surface area contributed by atoms with Gasteiger partial charge in [0, 0.05) is 18.4 Å². The molecule has 0 aliphatic carbocycles. The van der Waals surface area contributed by atoms with Gasteiger partial charge in [-0.15, -0.1) is 0 Å². The number of halogens is 1. The van der Waals surface area contributed by atoms with Crippen molar-refractivity contribution >= 4 is 27.7 Å². The van der Waals surface area contributed by atoms with Gasteiger partial charge in [-0.1, -0.05) is 28.1 Å². The van der Waals surface area contributed by atoms with E-state index in [9.17, 15) is 9.59 Å². The number of amides is 2. The molecule has 6 heteroatoms. The third-order valence-corrected chi connectivity index (χ3v) is 3.31. The second-order valence-corrected chi connectivity index (χ2v) is 5.35. The second kappa shape index (κ2) is 8.01. The van der Waals surface area contributed by atoms with Crippen molar-refractivity contribution in [3.63, 3.8) is 0 Å². The number of hydrogen-bond donors (Lipinski definition) is 2. The summed E-state index contributed by atoms with van der Waals surface area (Å²) in [7, 11) is 1.53. The van der Waals surface area contributed by atoms with Crippen molar-refractivity contribution in [2.75, 3.05) is 7.05 Å². The fourth-order valence-electron chi connectivity index (χ4n) is 1.68. The number of benzene rings is 1. The summed E-state index contributed by atoms with van der Waals surface area (Å²) in [6.45, 7) is 3.51. The highest BCUT2D eigenvalue weighted by molar-refractivity contribution is 9.10. The zero-order valence-electron chi connectivity index (χ0n) is 11.8. The maximum absolute atomic E-state index is 11.7. The normalized spacial score (nSPS) is 13.4. The second-order valence-electron chi connectivity index (χ2n) is 4.44. The maximum atomic E-state index is 11.7. The molecule has 2 N–H and O–H groups in total. The number of likely N-dealkylation sites (N-methyl/N-ethyl adjacent to an activating group) is 1. The fraction of sp³-hybridized carbons (Fsp3) is 0.429. The zero-order valence-corrected chi connectivity index (χ0v) is 13.4. The summed E-state index contributed by atoms with van der Waals surface area (Å²) in [5, 5.41) is 5.11. The minimum absolute atomic E-state index is 0.266. The number of ether oxygens (including phenoxy) is 1. The summed E-state index contributed by atoms with van der Waals surface area (Å²) in [6.07, 6.45) is -0.428. The average Bonchev–Trinajstić information content (AvgIpc) is 2.42. The zero-order chi connectivity index (χ0) is 15.1. The van der Waals surface area contributed by atoms with Crippen molar-refractivity contribution in [1.29, 1.82) is 0 Å². The molecular weight excluding hydrogens is 324 g/mol. The van der Waals surface area contributed by atoms with E-state index in [1.165, 1.54) is 14.0 Å². The largest absolute Gasteiger partial charge is 0.371 e. The molecule has 1 aromatic carbocycles. The summed E-state index contributed by atoms with van der Waals surface area (Å²) >= 11 is 3.36. The molecule has 0 saturated heterocycles. The topological polar surface area (TPSA) is 67.4 Å². The summed E-state index contributed by atoms with van der Waals surface area (Å²) in [5.74, 6) is -0.541. The Balaban J connectivity index is 2.61. The van der Waals surface area contributed by atoms with Gasteiger partial charge in [0.25, 0.3) is 0 Å². The van der Waals surface area contributed by atoms with Crippen molar-refractivity contribution in [3.05, 3.63) is 34.3 Å². The minimum atomic E-state index is -0.701. The van der Waals surface area contributed by atoms with Crippen LogP contribution in [0.15, 0.2) is 28.7 Å². The predicted octanol–water partition coefficient (Wildman–Crippen LogP) is 1.60.